The molecule has 0 fully saturated rings. The number of aliphatic hydroxyl groups is 1. The molecule has 14 heteroatoms. The number of anilines is 2. The molecule has 0 aliphatic carbocycles. The molecule has 49 heavy (non-hydrogen) atoms. The minimum Gasteiger partial charge on any atom is -0.480 e. The smallest absolute Gasteiger partial charge is 0.279 e. The largest absolute Gasteiger partial charge is 0.480 e. The SMILES string of the molecule is COc1nc(N(C)C)ncc1-c1nc2c(n1C(C)C)C(c1ccc(C(O)C(=O)c3ccccc3)c(F)c1)N(c1cc(Cl)cn(C)c1=O)C2=O. The molecule has 5 aromatic rings. The predicted molar refractivity (Wildman–Crippen MR) is 182 cm³/mol. The van der Waals surface area contributed by atoms with Crippen molar-refractivity contribution in [3.63, 3.8) is 0 Å². The van der Waals surface area contributed by atoms with Gasteiger partial charge < -0.3 is 23.9 Å². The van der Waals surface area contributed by atoms with Crippen LogP contribution in [0.4, 0.5) is 16.0 Å². The molecule has 2 atom stereocenters. The Bertz CT molecular complexity index is 2170. The van der Waals surface area contributed by atoms with Crippen molar-refractivity contribution in [2.75, 3.05) is 31.0 Å². The van der Waals surface area contributed by atoms with E-state index in [2.05, 4.69) is 9.97 Å². The van der Waals surface area contributed by atoms with Crippen molar-refractivity contribution in [2.24, 2.45) is 7.05 Å². The van der Waals surface area contributed by atoms with Gasteiger partial charge in [0.15, 0.2) is 11.5 Å². The number of ketones is 1. The third kappa shape index (κ3) is 5.74. The summed E-state index contributed by atoms with van der Waals surface area (Å²) >= 11 is 6.37. The van der Waals surface area contributed by atoms with Gasteiger partial charge in [-0.1, -0.05) is 54.1 Å². The normalized spacial score (nSPS) is 14.7. The second-order valence-electron chi connectivity index (χ2n) is 12.1. The quantitative estimate of drug-likeness (QED) is 0.209. The minimum atomic E-state index is -1.78. The highest BCUT2D eigenvalue weighted by Gasteiger charge is 2.46. The number of carbonyl (C=O) groups is 2. The summed E-state index contributed by atoms with van der Waals surface area (Å²) in [7, 11) is 6.55. The zero-order chi connectivity index (χ0) is 35.3. The standard InChI is InChI=1S/C35H33ClFN7O5/c1-18(2)43-28-26(39-31(43)23-16-38-35(41(3)4)40-32(23)49-6)34(48)44(25-15-21(36)17-42(5)33(25)47)27(28)20-12-13-22(24(37)14-20)30(46)29(45)19-10-8-7-9-11-19/h7-18,27,30,46H,1-6H3. The molecule has 0 radical (unpaired) electrons. The van der Waals surface area contributed by atoms with E-state index < -0.39 is 35.2 Å². The number of pyridine rings is 1. The Labute approximate surface area is 286 Å². The summed E-state index contributed by atoms with van der Waals surface area (Å²) in [6, 6.07) is 12.1. The molecule has 0 saturated heterocycles. The van der Waals surface area contributed by atoms with Gasteiger partial charge in [0.05, 0.1) is 23.4 Å². The summed E-state index contributed by atoms with van der Waals surface area (Å²) in [5.41, 5.74) is 0.500. The fraction of sp³-hybridized carbons (Fsp3) is 0.257. The molecule has 6 rings (SSSR count). The van der Waals surface area contributed by atoms with Crippen molar-refractivity contribution < 1.29 is 23.8 Å². The van der Waals surface area contributed by atoms with Crippen molar-refractivity contribution in [3.8, 4) is 17.3 Å². The summed E-state index contributed by atoms with van der Waals surface area (Å²) in [6.07, 6.45) is 1.20. The van der Waals surface area contributed by atoms with Gasteiger partial charge in [-0.05, 0) is 31.5 Å². The number of ether oxygens (including phenoxy) is 1. The van der Waals surface area contributed by atoms with Gasteiger partial charge in [0.1, 0.15) is 29.5 Å². The highest BCUT2D eigenvalue weighted by Crippen LogP contribution is 2.45. The molecular formula is C35H33ClFN7O5. The first-order valence-corrected chi connectivity index (χ1v) is 15.7. The van der Waals surface area contributed by atoms with E-state index in [9.17, 15) is 19.5 Å². The number of hydrogen-bond acceptors (Lipinski definition) is 9. The van der Waals surface area contributed by atoms with Gasteiger partial charge in [0.25, 0.3) is 11.5 Å². The van der Waals surface area contributed by atoms with E-state index in [1.165, 1.54) is 60.2 Å². The topological polar surface area (TPSA) is 136 Å². The Balaban J connectivity index is 1.56. The maximum Gasteiger partial charge on any atom is 0.279 e. The fourth-order valence-electron chi connectivity index (χ4n) is 6.03. The maximum absolute atomic E-state index is 16.0. The lowest BCUT2D eigenvalue weighted by molar-refractivity contribution is 0.0740. The number of hydrogen-bond donors (Lipinski definition) is 1. The number of rotatable bonds is 9. The molecule has 1 aliphatic rings. The van der Waals surface area contributed by atoms with Crippen LogP contribution >= 0.6 is 11.6 Å². The Morgan fingerprint density at radius 1 is 1.08 bits per heavy atom. The number of aromatic nitrogens is 5. The average Bonchev–Trinajstić information content (AvgIpc) is 3.60. The second-order valence-corrected chi connectivity index (χ2v) is 12.5. The van der Waals surface area contributed by atoms with Crippen molar-refractivity contribution >= 4 is 34.9 Å². The third-order valence-corrected chi connectivity index (χ3v) is 8.52. The van der Waals surface area contributed by atoms with Crippen LogP contribution in [-0.2, 0) is 7.05 Å². The molecule has 12 nitrogen and oxygen atoms in total. The van der Waals surface area contributed by atoms with E-state index in [1.54, 1.807) is 43.4 Å². The number of methoxy groups -OCH3 is 1. The van der Waals surface area contributed by atoms with Crippen LogP contribution in [0.1, 0.15) is 69.7 Å². The van der Waals surface area contributed by atoms with Gasteiger partial charge in [0.2, 0.25) is 11.8 Å². The minimum absolute atomic E-state index is 0.0262. The Morgan fingerprint density at radius 2 is 1.80 bits per heavy atom. The van der Waals surface area contributed by atoms with E-state index in [0.717, 1.165) is 6.07 Å². The number of aryl methyl sites for hydroxylation is 1. The van der Waals surface area contributed by atoms with E-state index in [-0.39, 0.29) is 45.0 Å². The van der Waals surface area contributed by atoms with Crippen molar-refractivity contribution in [1.29, 1.82) is 0 Å². The molecule has 1 N–H and O–H groups in total. The van der Waals surface area contributed by atoms with Gasteiger partial charge in [-0.15, -0.1) is 0 Å². The van der Waals surface area contributed by atoms with E-state index in [1.807, 2.05) is 18.4 Å². The maximum atomic E-state index is 16.0. The van der Waals surface area contributed by atoms with Crippen LogP contribution in [0.5, 0.6) is 5.88 Å². The van der Waals surface area contributed by atoms with Gasteiger partial charge in [0, 0.05) is 50.7 Å². The first-order chi connectivity index (χ1) is 23.3. The predicted octanol–water partition coefficient (Wildman–Crippen LogP) is 5.15. The Hall–Kier alpha value is -5.40. The second kappa shape index (κ2) is 12.9. The number of imidazole rings is 1. The lowest BCUT2D eigenvalue weighted by Gasteiger charge is -2.28. The van der Waals surface area contributed by atoms with Crippen molar-refractivity contribution in [1.82, 2.24) is 24.1 Å². The number of Topliss-reactive ketones (excluding diaryl/α,β-unsaturated/α-hetero) is 1. The molecule has 1 amide bonds. The highest BCUT2D eigenvalue weighted by molar-refractivity contribution is 6.30. The number of aliphatic hydroxyl groups excluding tert-OH is 1. The Morgan fingerprint density at radius 3 is 2.43 bits per heavy atom. The fourth-order valence-corrected chi connectivity index (χ4v) is 6.28. The summed E-state index contributed by atoms with van der Waals surface area (Å²) in [5.74, 6) is -1.21. The van der Waals surface area contributed by atoms with Gasteiger partial charge in [-0.3, -0.25) is 19.3 Å². The number of fused-ring (bicyclic) bond motifs is 1. The van der Waals surface area contributed by atoms with E-state index in [0.29, 0.717) is 23.0 Å². The molecule has 3 aromatic heterocycles. The molecule has 2 aromatic carbocycles. The van der Waals surface area contributed by atoms with Gasteiger partial charge in [-0.25, -0.2) is 14.4 Å². The van der Waals surface area contributed by atoms with Crippen LogP contribution in [0.15, 0.2) is 71.8 Å². The highest BCUT2D eigenvalue weighted by atomic mass is 35.5. The van der Waals surface area contributed by atoms with E-state index >= 15 is 4.39 Å². The average molecular weight is 686 g/mol. The molecule has 2 unspecified atom stereocenters. The molecule has 252 valence electrons. The van der Waals surface area contributed by atoms with Crippen LogP contribution in [0, 0.1) is 5.82 Å². The molecule has 0 spiro atoms. The Kier molecular flexibility index (Phi) is 8.82. The molecule has 1 aliphatic heterocycles. The van der Waals surface area contributed by atoms with Crippen LogP contribution < -0.4 is 20.1 Å². The number of halogens is 2. The third-order valence-electron chi connectivity index (χ3n) is 8.31. The van der Waals surface area contributed by atoms with Gasteiger partial charge in [-0.2, -0.15) is 4.98 Å². The van der Waals surface area contributed by atoms with Crippen LogP contribution in [0.3, 0.4) is 0 Å². The lowest BCUT2D eigenvalue weighted by atomic mass is 9.95. The molecule has 0 saturated carbocycles. The summed E-state index contributed by atoms with van der Waals surface area (Å²) in [4.78, 5) is 57.6. The zero-order valence-electron chi connectivity index (χ0n) is 27.5. The molecule has 0 bridgehead atoms. The summed E-state index contributed by atoms with van der Waals surface area (Å²) in [5, 5.41) is 11.1. The van der Waals surface area contributed by atoms with Gasteiger partial charge >= 0.3 is 0 Å². The summed E-state index contributed by atoms with van der Waals surface area (Å²) < 4.78 is 24.7. The summed E-state index contributed by atoms with van der Waals surface area (Å²) in [6.45, 7) is 3.79. The number of nitrogens with zero attached hydrogens (tertiary/aromatic N) is 7. The van der Waals surface area contributed by atoms with Crippen molar-refractivity contribution in [3.05, 3.63) is 116 Å². The van der Waals surface area contributed by atoms with Crippen LogP contribution in [-0.4, -0.2) is 62.1 Å². The van der Waals surface area contributed by atoms with Crippen molar-refractivity contribution in [2.45, 2.75) is 32.0 Å². The monoisotopic (exact) mass is 685 g/mol. The lowest BCUT2D eigenvalue weighted by Crippen LogP contribution is -2.36. The molecule has 4 heterocycles. The number of carbonyl (C=O) groups excluding carboxylic acids is 2. The first kappa shape index (κ1) is 33.5. The zero-order valence-corrected chi connectivity index (χ0v) is 28.3. The van der Waals surface area contributed by atoms with Crippen LogP contribution in [0.2, 0.25) is 5.02 Å². The number of amides is 1. The molecular weight excluding hydrogens is 653 g/mol. The first-order valence-electron chi connectivity index (χ1n) is 15.3. The van der Waals surface area contributed by atoms with E-state index in [4.69, 9.17) is 21.3 Å². The van der Waals surface area contributed by atoms with Crippen LogP contribution in [0.25, 0.3) is 11.4 Å². The number of benzene rings is 2.